The van der Waals surface area contributed by atoms with E-state index in [-0.39, 0.29) is 0 Å². The smallest absolute Gasteiger partial charge is 0.0244 e. The van der Waals surface area contributed by atoms with Crippen LogP contribution in [0.1, 0.15) is 16.7 Å². The molecule has 0 radical (unpaired) electrons. The summed E-state index contributed by atoms with van der Waals surface area (Å²) in [6.07, 6.45) is 3.39. The number of rotatable bonds is 6. The normalized spacial score (nSPS) is 10.8. The van der Waals surface area contributed by atoms with E-state index in [1.54, 1.807) is 0 Å². The maximum absolute atomic E-state index is 2.24. The van der Waals surface area contributed by atoms with Gasteiger partial charge < -0.3 is 0 Å². The zero-order chi connectivity index (χ0) is 15.0. The molecular formula is C22H22. The van der Waals surface area contributed by atoms with Crippen LogP contribution in [0.25, 0.3) is 0 Å². The van der Waals surface area contributed by atoms with Gasteiger partial charge >= 0.3 is 0 Å². The lowest BCUT2D eigenvalue weighted by molar-refractivity contribution is 0.518. The summed E-state index contributed by atoms with van der Waals surface area (Å²) in [4.78, 5) is 0. The Morgan fingerprint density at radius 3 is 0.955 bits per heavy atom. The lowest BCUT2D eigenvalue weighted by Gasteiger charge is -2.17. The maximum Gasteiger partial charge on any atom is -0.0244 e. The topological polar surface area (TPSA) is 0 Å². The van der Waals surface area contributed by atoms with Gasteiger partial charge in [0.2, 0.25) is 0 Å². The summed E-state index contributed by atoms with van der Waals surface area (Å²) in [5, 5.41) is 0. The van der Waals surface area contributed by atoms with E-state index < -0.39 is 0 Å². The van der Waals surface area contributed by atoms with Crippen molar-refractivity contribution in [3.8, 4) is 0 Å². The summed E-state index contributed by atoms with van der Waals surface area (Å²) in [5.74, 6) is 0.632. The van der Waals surface area contributed by atoms with Gasteiger partial charge in [-0.25, -0.2) is 0 Å². The lowest BCUT2D eigenvalue weighted by atomic mass is 9.87. The molecule has 0 aliphatic heterocycles. The van der Waals surface area contributed by atoms with Crippen LogP contribution in [0.5, 0.6) is 0 Å². The predicted octanol–water partition coefficient (Wildman–Crippen LogP) is 5.33. The third kappa shape index (κ3) is 4.33. The molecule has 0 aromatic heterocycles. The molecule has 0 bridgehead atoms. The van der Waals surface area contributed by atoms with Crippen LogP contribution in [-0.2, 0) is 19.3 Å². The average molecular weight is 286 g/mol. The average Bonchev–Trinajstić information content (AvgIpc) is 2.57. The van der Waals surface area contributed by atoms with Crippen LogP contribution in [0, 0.1) is 5.92 Å². The minimum Gasteiger partial charge on any atom is -0.0622 e. The number of benzene rings is 3. The Bertz CT molecular complexity index is 558. The largest absolute Gasteiger partial charge is 0.0622 e. The SMILES string of the molecule is c1ccc(CC(Cc2ccccc2)Cc2ccccc2)cc1. The molecule has 0 aliphatic carbocycles. The van der Waals surface area contributed by atoms with Gasteiger partial charge in [-0.05, 0) is 41.9 Å². The van der Waals surface area contributed by atoms with Gasteiger partial charge in [-0.15, -0.1) is 0 Å². The molecule has 0 fully saturated rings. The lowest BCUT2D eigenvalue weighted by Crippen LogP contribution is -2.12. The molecule has 110 valence electrons. The molecule has 3 aromatic carbocycles. The molecule has 3 aromatic rings. The summed E-state index contributed by atoms with van der Waals surface area (Å²) in [7, 11) is 0. The number of hydrogen-bond acceptors (Lipinski definition) is 0. The van der Waals surface area contributed by atoms with Crippen molar-refractivity contribution in [1.82, 2.24) is 0 Å². The van der Waals surface area contributed by atoms with Crippen molar-refractivity contribution in [2.75, 3.05) is 0 Å². The van der Waals surface area contributed by atoms with Gasteiger partial charge in [-0.2, -0.15) is 0 Å². The van der Waals surface area contributed by atoms with Crippen LogP contribution in [0.15, 0.2) is 91.0 Å². The molecular weight excluding hydrogens is 264 g/mol. The predicted molar refractivity (Wildman–Crippen MR) is 93.9 cm³/mol. The molecule has 0 aliphatic rings. The first-order valence-corrected chi connectivity index (χ1v) is 8.02. The third-order valence-electron chi connectivity index (χ3n) is 4.10. The van der Waals surface area contributed by atoms with Gasteiger partial charge in [0.25, 0.3) is 0 Å². The molecule has 0 unspecified atom stereocenters. The third-order valence-corrected chi connectivity index (χ3v) is 4.10. The Morgan fingerprint density at radius 2 is 0.682 bits per heavy atom. The van der Waals surface area contributed by atoms with Gasteiger partial charge in [0, 0.05) is 0 Å². The summed E-state index contributed by atoms with van der Waals surface area (Å²) in [6, 6.07) is 32.5. The molecule has 0 heterocycles. The molecule has 22 heavy (non-hydrogen) atoms. The minimum atomic E-state index is 0.632. The van der Waals surface area contributed by atoms with Crippen LogP contribution < -0.4 is 0 Å². The van der Waals surface area contributed by atoms with E-state index in [0.717, 1.165) is 19.3 Å². The highest BCUT2D eigenvalue weighted by atomic mass is 14.2. The van der Waals surface area contributed by atoms with E-state index in [1.165, 1.54) is 16.7 Å². The van der Waals surface area contributed by atoms with Crippen LogP contribution in [-0.4, -0.2) is 0 Å². The van der Waals surface area contributed by atoms with Gasteiger partial charge in [-0.3, -0.25) is 0 Å². The van der Waals surface area contributed by atoms with Crippen LogP contribution >= 0.6 is 0 Å². The first-order chi connectivity index (χ1) is 10.9. The minimum absolute atomic E-state index is 0.632. The summed E-state index contributed by atoms with van der Waals surface area (Å²) < 4.78 is 0. The van der Waals surface area contributed by atoms with Crippen molar-refractivity contribution >= 4 is 0 Å². The van der Waals surface area contributed by atoms with Crippen molar-refractivity contribution in [2.24, 2.45) is 5.92 Å². The molecule has 0 atom stereocenters. The van der Waals surface area contributed by atoms with E-state index in [1.807, 2.05) is 0 Å². The fourth-order valence-corrected chi connectivity index (χ4v) is 3.06. The van der Waals surface area contributed by atoms with E-state index in [0.29, 0.717) is 5.92 Å². The summed E-state index contributed by atoms with van der Waals surface area (Å²) in [5.41, 5.74) is 4.29. The van der Waals surface area contributed by atoms with E-state index >= 15 is 0 Å². The van der Waals surface area contributed by atoms with Crippen LogP contribution in [0.4, 0.5) is 0 Å². The van der Waals surface area contributed by atoms with Gasteiger partial charge in [0.15, 0.2) is 0 Å². The Hall–Kier alpha value is -2.34. The molecule has 0 spiro atoms. The van der Waals surface area contributed by atoms with Gasteiger partial charge in [0.1, 0.15) is 0 Å². The zero-order valence-corrected chi connectivity index (χ0v) is 12.9. The van der Waals surface area contributed by atoms with E-state index in [9.17, 15) is 0 Å². The molecule has 0 N–H and O–H groups in total. The second kappa shape index (κ2) is 7.61. The van der Waals surface area contributed by atoms with Crippen molar-refractivity contribution in [3.63, 3.8) is 0 Å². The summed E-state index contributed by atoms with van der Waals surface area (Å²) in [6.45, 7) is 0. The second-order valence-electron chi connectivity index (χ2n) is 5.94. The second-order valence-corrected chi connectivity index (χ2v) is 5.94. The highest BCUT2D eigenvalue weighted by Crippen LogP contribution is 2.19. The van der Waals surface area contributed by atoms with Gasteiger partial charge in [-0.1, -0.05) is 91.0 Å². The molecule has 0 saturated heterocycles. The highest BCUT2D eigenvalue weighted by Gasteiger charge is 2.12. The van der Waals surface area contributed by atoms with Crippen molar-refractivity contribution in [1.29, 1.82) is 0 Å². The fraction of sp³-hybridized carbons (Fsp3) is 0.182. The number of hydrogen-bond donors (Lipinski definition) is 0. The molecule has 3 rings (SSSR count). The van der Waals surface area contributed by atoms with Crippen molar-refractivity contribution in [2.45, 2.75) is 19.3 Å². The Kier molecular flexibility index (Phi) is 5.04. The Labute approximate surface area is 133 Å². The first-order valence-electron chi connectivity index (χ1n) is 8.02. The fourth-order valence-electron chi connectivity index (χ4n) is 3.06. The quantitative estimate of drug-likeness (QED) is 0.574. The molecule has 0 heteroatoms. The van der Waals surface area contributed by atoms with Crippen LogP contribution in [0.3, 0.4) is 0 Å². The van der Waals surface area contributed by atoms with Crippen molar-refractivity contribution in [3.05, 3.63) is 108 Å². The standard InChI is InChI=1S/C22H22/c1-4-10-19(11-5-1)16-22(17-20-12-6-2-7-13-20)18-21-14-8-3-9-15-21/h1-15,22H,16-18H2. The summed E-state index contributed by atoms with van der Waals surface area (Å²) >= 11 is 0. The first kappa shape index (κ1) is 14.6. The molecule has 0 amide bonds. The molecule has 0 nitrogen and oxygen atoms in total. The monoisotopic (exact) mass is 286 g/mol. The maximum atomic E-state index is 2.24. The van der Waals surface area contributed by atoms with E-state index in [4.69, 9.17) is 0 Å². The Morgan fingerprint density at radius 1 is 0.409 bits per heavy atom. The zero-order valence-electron chi connectivity index (χ0n) is 12.9. The van der Waals surface area contributed by atoms with Crippen LogP contribution in [0.2, 0.25) is 0 Å². The highest BCUT2D eigenvalue weighted by molar-refractivity contribution is 5.21. The van der Waals surface area contributed by atoms with E-state index in [2.05, 4.69) is 91.0 Å². The molecule has 0 saturated carbocycles. The Balaban J connectivity index is 1.75. The van der Waals surface area contributed by atoms with Crippen molar-refractivity contribution < 1.29 is 0 Å². The van der Waals surface area contributed by atoms with Gasteiger partial charge in [0.05, 0.1) is 0 Å².